The second-order valence-corrected chi connectivity index (χ2v) is 9.07. The zero-order valence-electron chi connectivity index (χ0n) is 19.4. The Labute approximate surface area is 196 Å². The van der Waals surface area contributed by atoms with Crippen molar-refractivity contribution in [3.05, 3.63) is 78.5 Å². The van der Waals surface area contributed by atoms with Crippen LogP contribution in [-0.4, -0.2) is 43.2 Å². The topological polar surface area (TPSA) is 43.8 Å². The first-order valence-electron chi connectivity index (χ1n) is 11.7. The molecule has 0 saturated carbocycles. The maximum atomic E-state index is 6.78. The van der Waals surface area contributed by atoms with Gasteiger partial charge in [-0.15, -0.1) is 6.58 Å². The van der Waals surface area contributed by atoms with Crippen LogP contribution in [0, 0.1) is 11.8 Å². The monoisotopic (exact) mass is 444 g/mol. The van der Waals surface area contributed by atoms with E-state index in [1.807, 2.05) is 36.5 Å². The van der Waals surface area contributed by atoms with Crippen LogP contribution in [0.3, 0.4) is 0 Å². The average molecular weight is 445 g/mol. The Morgan fingerprint density at radius 2 is 2.03 bits per heavy atom. The van der Waals surface area contributed by atoms with Gasteiger partial charge < -0.3 is 14.2 Å². The molecule has 0 radical (unpaired) electrons. The van der Waals surface area contributed by atoms with Gasteiger partial charge in [0.15, 0.2) is 0 Å². The van der Waals surface area contributed by atoms with Gasteiger partial charge in [-0.3, -0.25) is 9.88 Å². The molecule has 0 amide bonds. The number of rotatable bonds is 8. The summed E-state index contributed by atoms with van der Waals surface area (Å²) in [5.41, 5.74) is 3.18. The van der Waals surface area contributed by atoms with Gasteiger partial charge in [0.2, 0.25) is 0 Å². The molecule has 1 aromatic heterocycles. The van der Waals surface area contributed by atoms with E-state index in [2.05, 4.69) is 40.7 Å². The highest BCUT2D eigenvalue weighted by Crippen LogP contribution is 2.44. The number of methoxy groups -OCH3 is 2. The number of pyridine rings is 1. The molecule has 2 bridgehead atoms. The molecule has 5 nitrogen and oxygen atoms in total. The Hall–Kier alpha value is -2.89. The van der Waals surface area contributed by atoms with E-state index in [0.717, 1.165) is 47.5 Å². The van der Waals surface area contributed by atoms with E-state index in [1.54, 1.807) is 14.2 Å². The van der Waals surface area contributed by atoms with E-state index < -0.39 is 0 Å². The number of benzene rings is 2. The van der Waals surface area contributed by atoms with Crippen LogP contribution in [0.2, 0.25) is 0 Å². The predicted octanol–water partition coefficient (Wildman–Crippen LogP) is 5.41. The molecule has 6 rings (SSSR count). The van der Waals surface area contributed by atoms with Gasteiger partial charge in [0.05, 0.1) is 32.4 Å². The molecule has 33 heavy (non-hydrogen) atoms. The predicted molar refractivity (Wildman–Crippen MR) is 131 cm³/mol. The Kier molecular flexibility index (Phi) is 6.34. The molecule has 3 aromatic rings. The summed E-state index contributed by atoms with van der Waals surface area (Å²) in [4.78, 5) is 7.21. The van der Waals surface area contributed by atoms with Crippen LogP contribution in [0.25, 0.3) is 10.9 Å². The summed E-state index contributed by atoms with van der Waals surface area (Å²) < 4.78 is 17.9. The molecule has 3 aliphatic heterocycles. The standard InChI is InChI=1S/C28H32N2O3/c1-4-19-17-30-14-12-20(19)15-26(30)28(33-18-21-7-5-6-8-27(21)32-3)23-11-13-29-25-10-9-22(31-2)16-24(23)25/h4-11,13,16,19-20,26,28H,1,12,14-15,17-18H2,2-3H3/t19-,20?,26-,28+/m0/s1. The van der Waals surface area contributed by atoms with Crippen molar-refractivity contribution in [3.8, 4) is 11.5 Å². The van der Waals surface area contributed by atoms with E-state index in [4.69, 9.17) is 14.2 Å². The zero-order chi connectivity index (χ0) is 22.8. The summed E-state index contributed by atoms with van der Waals surface area (Å²) in [7, 11) is 3.41. The second-order valence-electron chi connectivity index (χ2n) is 9.07. The van der Waals surface area contributed by atoms with E-state index in [-0.39, 0.29) is 6.10 Å². The van der Waals surface area contributed by atoms with Crippen molar-refractivity contribution >= 4 is 10.9 Å². The number of piperidine rings is 3. The summed E-state index contributed by atoms with van der Waals surface area (Å²) in [5.74, 6) is 2.92. The Bertz CT molecular complexity index is 1130. The van der Waals surface area contributed by atoms with Gasteiger partial charge >= 0.3 is 0 Å². The van der Waals surface area contributed by atoms with Gasteiger partial charge in [-0.25, -0.2) is 0 Å². The zero-order valence-corrected chi connectivity index (χ0v) is 19.4. The molecule has 4 heterocycles. The lowest BCUT2D eigenvalue weighted by atomic mass is 9.73. The lowest BCUT2D eigenvalue weighted by Crippen LogP contribution is -2.55. The van der Waals surface area contributed by atoms with Crippen molar-refractivity contribution in [2.75, 3.05) is 27.3 Å². The minimum Gasteiger partial charge on any atom is -0.497 e. The van der Waals surface area contributed by atoms with Gasteiger partial charge in [0, 0.05) is 29.7 Å². The fourth-order valence-electron chi connectivity index (χ4n) is 5.62. The molecular weight excluding hydrogens is 412 g/mol. The first-order chi connectivity index (χ1) is 16.2. The SMILES string of the molecule is C=C[C@H]1CN2CCC1C[C@H]2[C@H](OCc1ccccc1OC)c1ccnc2ccc(OC)cc12. The third-order valence-corrected chi connectivity index (χ3v) is 7.40. The van der Waals surface area contributed by atoms with E-state index in [1.165, 1.54) is 12.0 Å². The summed E-state index contributed by atoms with van der Waals surface area (Å²) in [5, 5.41) is 1.09. The third-order valence-electron chi connectivity index (χ3n) is 7.40. The molecule has 172 valence electrons. The number of ether oxygens (including phenoxy) is 3. The van der Waals surface area contributed by atoms with Crippen LogP contribution in [0.5, 0.6) is 11.5 Å². The van der Waals surface area contributed by atoms with Crippen molar-refractivity contribution in [2.45, 2.75) is 31.6 Å². The molecular formula is C28H32N2O3. The molecule has 0 aliphatic carbocycles. The molecule has 3 fully saturated rings. The number of hydrogen-bond acceptors (Lipinski definition) is 5. The minimum atomic E-state index is -0.0823. The van der Waals surface area contributed by atoms with E-state index in [0.29, 0.717) is 24.5 Å². The van der Waals surface area contributed by atoms with Crippen LogP contribution in [0.15, 0.2) is 67.4 Å². The van der Waals surface area contributed by atoms with Crippen molar-refractivity contribution in [3.63, 3.8) is 0 Å². The highest BCUT2D eigenvalue weighted by molar-refractivity contribution is 5.84. The van der Waals surface area contributed by atoms with Gasteiger partial charge in [-0.2, -0.15) is 0 Å². The maximum absolute atomic E-state index is 6.78. The van der Waals surface area contributed by atoms with Crippen molar-refractivity contribution < 1.29 is 14.2 Å². The molecule has 3 saturated heterocycles. The maximum Gasteiger partial charge on any atom is 0.124 e. The fraction of sp³-hybridized carbons (Fsp3) is 0.393. The summed E-state index contributed by atoms with van der Waals surface area (Å²) in [6, 6.07) is 16.6. The number of para-hydroxylation sites is 1. The van der Waals surface area contributed by atoms with Gasteiger partial charge in [-0.05, 0) is 67.1 Å². The van der Waals surface area contributed by atoms with Crippen molar-refractivity contribution in [1.29, 1.82) is 0 Å². The number of aromatic nitrogens is 1. The lowest BCUT2D eigenvalue weighted by Gasteiger charge is -2.51. The van der Waals surface area contributed by atoms with Crippen molar-refractivity contribution in [1.82, 2.24) is 9.88 Å². The molecule has 2 aromatic carbocycles. The first kappa shape index (κ1) is 21.9. The molecule has 5 heteroatoms. The largest absolute Gasteiger partial charge is 0.497 e. The fourth-order valence-corrected chi connectivity index (χ4v) is 5.62. The minimum absolute atomic E-state index is 0.0823. The lowest BCUT2D eigenvalue weighted by molar-refractivity contribution is -0.0805. The Morgan fingerprint density at radius 1 is 1.15 bits per heavy atom. The van der Waals surface area contributed by atoms with Crippen LogP contribution in [0.4, 0.5) is 0 Å². The first-order valence-corrected chi connectivity index (χ1v) is 11.7. The van der Waals surface area contributed by atoms with Gasteiger partial charge in [-0.1, -0.05) is 24.3 Å². The Balaban J connectivity index is 1.53. The third kappa shape index (κ3) is 4.23. The van der Waals surface area contributed by atoms with E-state index >= 15 is 0 Å². The molecule has 0 spiro atoms. The van der Waals surface area contributed by atoms with Crippen LogP contribution in [-0.2, 0) is 11.3 Å². The van der Waals surface area contributed by atoms with Crippen LogP contribution >= 0.6 is 0 Å². The Morgan fingerprint density at radius 3 is 2.79 bits per heavy atom. The molecule has 5 atom stereocenters. The summed E-state index contributed by atoms with van der Waals surface area (Å²) in [6.07, 6.45) is 6.30. The summed E-state index contributed by atoms with van der Waals surface area (Å²) in [6.45, 7) is 6.75. The normalized spacial score (nSPS) is 25.0. The average Bonchev–Trinajstić information content (AvgIpc) is 2.89. The number of hydrogen-bond donors (Lipinski definition) is 0. The van der Waals surface area contributed by atoms with Crippen LogP contribution in [0.1, 0.15) is 30.1 Å². The number of fused-ring (bicyclic) bond motifs is 4. The van der Waals surface area contributed by atoms with Crippen molar-refractivity contribution in [2.24, 2.45) is 11.8 Å². The second kappa shape index (κ2) is 9.54. The molecule has 2 unspecified atom stereocenters. The van der Waals surface area contributed by atoms with Gasteiger partial charge in [0.25, 0.3) is 0 Å². The molecule has 0 N–H and O–H groups in total. The number of nitrogens with zero attached hydrogens (tertiary/aromatic N) is 2. The van der Waals surface area contributed by atoms with E-state index in [9.17, 15) is 0 Å². The quantitative estimate of drug-likeness (QED) is 0.435. The van der Waals surface area contributed by atoms with Crippen LogP contribution < -0.4 is 9.47 Å². The summed E-state index contributed by atoms with van der Waals surface area (Å²) >= 11 is 0. The smallest absolute Gasteiger partial charge is 0.124 e. The highest BCUT2D eigenvalue weighted by Gasteiger charge is 2.43. The highest BCUT2D eigenvalue weighted by atomic mass is 16.5. The van der Waals surface area contributed by atoms with Gasteiger partial charge in [0.1, 0.15) is 11.5 Å². The molecule has 3 aliphatic rings.